The molecule has 0 N–H and O–H groups in total. The van der Waals surface area contributed by atoms with Crippen molar-refractivity contribution >= 4 is 10.8 Å². The highest BCUT2D eigenvalue weighted by Crippen LogP contribution is 2.37. The van der Waals surface area contributed by atoms with Gasteiger partial charge >= 0.3 is 0 Å². The SMILES string of the molecule is C/C=C/CCC1CCC(c2ccc(CCc3ccc4c(F)c(CCC)ccc4c3)cc2)CC1. The second kappa shape index (κ2) is 11.6. The van der Waals surface area contributed by atoms with Crippen molar-refractivity contribution in [1.82, 2.24) is 0 Å². The summed E-state index contributed by atoms with van der Waals surface area (Å²) in [5.74, 6) is 1.62. The third-order valence-corrected chi connectivity index (χ3v) is 7.60. The number of aryl methyl sites for hydroxylation is 3. The van der Waals surface area contributed by atoms with Gasteiger partial charge in [-0.2, -0.15) is 0 Å². The van der Waals surface area contributed by atoms with Gasteiger partial charge in [0.2, 0.25) is 0 Å². The maximum absolute atomic E-state index is 14.7. The summed E-state index contributed by atoms with van der Waals surface area (Å²) in [6.45, 7) is 4.21. The van der Waals surface area contributed by atoms with Crippen LogP contribution in [0.15, 0.2) is 66.7 Å². The maximum Gasteiger partial charge on any atom is 0.134 e. The minimum absolute atomic E-state index is 0.0386. The van der Waals surface area contributed by atoms with E-state index in [0.717, 1.165) is 53.9 Å². The molecule has 0 heterocycles. The van der Waals surface area contributed by atoms with Gasteiger partial charge in [-0.25, -0.2) is 4.39 Å². The van der Waals surface area contributed by atoms with E-state index in [1.165, 1.54) is 55.2 Å². The molecule has 0 amide bonds. The molecule has 1 aliphatic carbocycles. The van der Waals surface area contributed by atoms with Crippen molar-refractivity contribution in [2.24, 2.45) is 5.92 Å². The molecule has 0 saturated heterocycles. The van der Waals surface area contributed by atoms with Gasteiger partial charge in [-0.3, -0.25) is 0 Å². The van der Waals surface area contributed by atoms with Gasteiger partial charge in [-0.05, 0) is 104 Å². The number of fused-ring (bicyclic) bond motifs is 1. The Labute approximate surface area is 199 Å². The van der Waals surface area contributed by atoms with Crippen molar-refractivity contribution in [3.8, 4) is 0 Å². The van der Waals surface area contributed by atoms with E-state index in [4.69, 9.17) is 0 Å². The van der Waals surface area contributed by atoms with Crippen LogP contribution >= 0.6 is 0 Å². The summed E-state index contributed by atoms with van der Waals surface area (Å²) in [7, 11) is 0. The second-order valence-electron chi connectivity index (χ2n) is 9.95. The fourth-order valence-electron chi connectivity index (χ4n) is 5.53. The number of halogens is 1. The van der Waals surface area contributed by atoms with Crippen molar-refractivity contribution in [2.45, 2.75) is 84.0 Å². The van der Waals surface area contributed by atoms with Crippen LogP contribution in [0.2, 0.25) is 0 Å². The summed E-state index contributed by atoms with van der Waals surface area (Å²) in [6.07, 6.45) is 16.3. The first-order valence-electron chi connectivity index (χ1n) is 13.1. The minimum atomic E-state index is -0.0386. The monoisotopic (exact) mass is 442 g/mol. The normalized spacial score (nSPS) is 18.9. The lowest BCUT2D eigenvalue weighted by Crippen LogP contribution is -2.13. The summed E-state index contributed by atoms with van der Waals surface area (Å²) in [5.41, 5.74) is 5.03. The molecule has 1 saturated carbocycles. The molecule has 174 valence electrons. The van der Waals surface area contributed by atoms with Gasteiger partial charge in [-0.15, -0.1) is 0 Å². The fourth-order valence-corrected chi connectivity index (χ4v) is 5.53. The van der Waals surface area contributed by atoms with Gasteiger partial charge in [0.15, 0.2) is 0 Å². The summed E-state index contributed by atoms with van der Waals surface area (Å²) in [6, 6.07) is 19.7. The molecule has 0 atom stereocenters. The number of benzene rings is 3. The van der Waals surface area contributed by atoms with E-state index < -0.39 is 0 Å². The van der Waals surface area contributed by atoms with Crippen molar-refractivity contribution in [1.29, 1.82) is 0 Å². The standard InChI is InChI=1S/C32H39F/c1-3-5-6-8-24-11-16-27(17-12-24)28-18-13-25(14-19-28)9-10-26-15-22-31-30(23-26)21-20-29(7-4-2)32(31)33/h3,5,13-15,18-24,27H,4,6-12,16-17H2,1-2H3/b5-3+. The highest BCUT2D eigenvalue weighted by atomic mass is 19.1. The lowest BCUT2D eigenvalue weighted by atomic mass is 9.77. The van der Waals surface area contributed by atoms with Gasteiger partial charge in [0.05, 0.1) is 0 Å². The molecule has 1 fully saturated rings. The number of allylic oxidation sites excluding steroid dienone is 2. The molecule has 4 rings (SSSR count). The molecular weight excluding hydrogens is 403 g/mol. The van der Waals surface area contributed by atoms with Gasteiger partial charge in [-0.1, -0.05) is 80.1 Å². The third kappa shape index (κ3) is 6.14. The Hall–Kier alpha value is -2.41. The van der Waals surface area contributed by atoms with Crippen molar-refractivity contribution in [3.05, 3.63) is 94.8 Å². The van der Waals surface area contributed by atoms with Gasteiger partial charge < -0.3 is 0 Å². The Bertz CT molecular complexity index is 1050. The largest absolute Gasteiger partial charge is 0.206 e. The zero-order valence-corrected chi connectivity index (χ0v) is 20.5. The van der Waals surface area contributed by atoms with E-state index in [1.54, 1.807) is 0 Å². The van der Waals surface area contributed by atoms with E-state index in [2.05, 4.69) is 68.5 Å². The zero-order chi connectivity index (χ0) is 23.0. The molecule has 0 radical (unpaired) electrons. The maximum atomic E-state index is 14.7. The molecular formula is C32H39F. The molecule has 0 nitrogen and oxygen atoms in total. The highest BCUT2D eigenvalue weighted by molar-refractivity contribution is 5.84. The van der Waals surface area contributed by atoms with Crippen LogP contribution in [0.1, 0.15) is 87.0 Å². The van der Waals surface area contributed by atoms with E-state index in [9.17, 15) is 4.39 Å². The quantitative estimate of drug-likeness (QED) is 0.290. The third-order valence-electron chi connectivity index (χ3n) is 7.60. The smallest absolute Gasteiger partial charge is 0.134 e. The van der Waals surface area contributed by atoms with E-state index in [1.807, 2.05) is 12.1 Å². The summed E-state index contributed by atoms with van der Waals surface area (Å²) < 4.78 is 14.7. The Morgan fingerprint density at radius 2 is 1.58 bits per heavy atom. The lowest BCUT2D eigenvalue weighted by molar-refractivity contribution is 0.312. The van der Waals surface area contributed by atoms with E-state index in [-0.39, 0.29) is 5.82 Å². The predicted octanol–water partition coefficient (Wildman–Crippen LogP) is 9.35. The minimum Gasteiger partial charge on any atom is -0.206 e. The van der Waals surface area contributed by atoms with Crippen LogP contribution < -0.4 is 0 Å². The fraction of sp³-hybridized carbons (Fsp3) is 0.438. The Morgan fingerprint density at radius 1 is 0.848 bits per heavy atom. The summed E-state index contributed by atoms with van der Waals surface area (Å²) in [5, 5.41) is 1.77. The Kier molecular flexibility index (Phi) is 8.37. The molecule has 1 aliphatic rings. The van der Waals surface area contributed by atoms with Crippen LogP contribution in [-0.4, -0.2) is 0 Å². The molecule has 0 aliphatic heterocycles. The topological polar surface area (TPSA) is 0 Å². The molecule has 3 aromatic carbocycles. The van der Waals surface area contributed by atoms with Crippen LogP contribution in [0.4, 0.5) is 4.39 Å². The molecule has 0 aromatic heterocycles. The predicted molar refractivity (Wildman–Crippen MR) is 140 cm³/mol. The van der Waals surface area contributed by atoms with Crippen LogP contribution in [0, 0.1) is 11.7 Å². The summed E-state index contributed by atoms with van der Waals surface area (Å²) >= 11 is 0. The average molecular weight is 443 g/mol. The molecule has 3 aromatic rings. The van der Waals surface area contributed by atoms with Crippen molar-refractivity contribution in [3.63, 3.8) is 0 Å². The van der Waals surface area contributed by atoms with Crippen LogP contribution in [0.5, 0.6) is 0 Å². The number of hydrogen-bond donors (Lipinski definition) is 0. The van der Waals surface area contributed by atoms with E-state index in [0.29, 0.717) is 0 Å². The Morgan fingerprint density at radius 3 is 2.30 bits per heavy atom. The second-order valence-corrected chi connectivity index (χ2v) is 9.95. The van der Waals surface area contributed by atoms with Crippen LogP contribution in [0.3, 0.4) is 0 Å². The number of hydrogen-bond acceptors (Lipinski definition) is 0. The molecule has 0 bridgehead atoms. The van der Waals surface area contributed by atoms with Crippen molar-refractivity contribution in [2.75, 3.05) is 0 Å². The van der Waals surface area contributed by atoms with Crippen LogP contribution in [-0.2, 0) is 19.3 Å². The summed E-state index contributed by atoms with van der Waals surface area (Å²) in [4.78, 5) is 0. The van der Waals surface area contributed by atoms with Gasteiger partial charge in [0, 0.05) is 5.39 Å². The first kappa shape index (κ1) is 23.7. The van der Waals surface area contributed by atoms with E-state index >= 15 is 0 Å². The van der Waals surface area contributed by atoms with Crippen molar-refractivity contribution < 1.29 is 4.39 Å². The highest BCUT2D eigenvalue weighted by Gasteiger charge is 2.21. The van der Waals surface area contributed by atoms with Crippen LogP contribution in [0.25, 0.3) is 10.8 Å². The molecule has 1 heteroatoms. The average Bonchev–Trinajstić information content (AvgIpc) is 2.85. The van der Waals surface area contributed by atoms with Gasteiger partial charge in [0.1, 0.15) is 5.82 Å². The lowest BCUT2D eigenvalue weighted by Gasteiger charge is -2.28. The molecule has 0 unspecified atom stereocenters. The first-order chi connectivity index (χ1) is 16.2. The molecule has 0 spiro atoms. The molecule has 33 heavy (non-hydrogen) atoms. The van der Waals surface area contributed by atoms with Gasteiger partial charge in [0.25, 0.3) is 0 Å². The zero-order valence-electron chi connectivity index (χ0n) is 20.5. The first-order valence-corrected chi connectivity index (χ1v) is 13.1. The Balaban J connectivity index is 1.31. The number of rotatable bonds is 9.